The lowest BCUT2D eigenvalue weighted by Gasteiger charge is -2.02. The normalized spacial score (nSPS) is 11.8. The maximum absolute atomic E-state index is 12.0. The first kappa shape index (κ1) is 13.1. The van der Waals surface area contributed by atoms with E-state index in [0.29, 0.717) is 22.5 Å². The van der Waals surface area contributed by atoms with Crippen LogP contribution in [-0.2, 0) is 0 Å². The molecule has 1 heterocycles. The molecule has 1 aromatic heterocycles. The molecule has 3 aromatic rings. The van der Waals surface area contributed by atoms with E-state index in [0.717, 1.165) is 5.39 Å². The van der Waals surface area contributed by atoms with Crippen LogP contribution in [0.4, 0.5) is 5.69 Å². The molecule has 3 rings (SSSR count). The third-order valence-corrected chi connectivity index (χ3v) is 3.16. The lowest BCUT2D eigenvalue weighted by Crippen LogP contribution is -2.11. The van der Waals surface area contributed by atoms with Crippen molar-refractivity contribution in [3.05, 3.63) is 70.6 Å². The zero-order chi connectivity index (χ0) is 14.8. The maximum atomic E-state index is 12.0. The van der Waals surface area contributed by atoms with Crippen molar-refractivity contribution in [3.8, 4) is 5.75 Å². The Bertz CT molecular complexity index is 894. The van der Waals surface area contributed by atoms with Crippen molar-refractivity contribution in [3.63, 3.8) is 0 Å². The van der Waals surface area contributed by atoms with Crippen molar-refractivity contribution in [1.29, 1.82) is 0 Å². The molecule has 0 radical (unpaired) electrons. The summed E-state index contributed by atoms with van der Waals surface area (Å²) >= 11 is 0. The number of fused-ring (bicyclic) bond motifs is 1. The number of aromatic hydroxyl groups is 1. The molecule has 4 nitrogen and oxygen atoms in total. The molecule has 0 amide bonds. The summed E-state index contributed by atoms with van der Waals surface area (Å²) in [4.78, 5) is 16.4. The Morgan fingerprint density at radius 1 is 1.10 bits per heavy atom. The molecule has 0 unspecified atom stereocenters. The van der Waals surface area contributed by atoms with Crippen LogP contribution in [0.3, 0.4) is 0 Å². The molecule has 0 atom stereocenters. The Morgan fingerprint density at radius 3 is 2.71 bits per heavy atom. The minimum Gasteiger partial charge on any atom is -0.508 e. The summed E-state index contributed by atoms with van der Waals surface area (Å²) in [7, 11) is 0. The van der Waals surface area contributed by atoms with Gasteiger partial charge in [-0.2, -0.15) is 0 Å². The third-order valence-electron chi connectivity index (χ3n) is 3.16. The first-order chi connectivity index (χ1) is 10.1. The van der Waals surface area contributed by atoms with E-state index in [1.165, 1.54) is 6.07 Å². The zero-order valence-electron chi connectivity index (χ0n) is 11.4. The van der Waals surface area contributed by atoms with E-state index in [2.05, 4.69) is 4.99 Å². The van der Waals surface area contributed by atoms with E-state index in [-0.39, 0.29) is 5.75 Å². The highest BCUT2D eigenvalue weighted by atomic mass is 16.4. The Kier molecular flexibility index (Phi) is 3.28. The number of hydrogen-bond donors (Lipinski definition) is 1. The lowest BCUT2D eigenvalue weighted by molar-refractivity contribution is 0.475. The highest BCUT2D eigenvalue weighted by molar-refractivity contribution is 6.01. The van der Waals surface area contributed by atoms with Gasteiger partial charge in [-0.25, -0.2) is 4.79 Å². The topological polar surface area (TPSA) is 62.8 Å². The van der Waals surface area contributed by atoms with Gasteiger partial charge >= 0.3 is 5.63 Å². The van der Waals surface area contributed by atoms with E-state index in [4.69, 9.17) is 4.42 Å². The summed E-state index contributed by atoms with van der Waals surface area (Å²) in [5, 5.41) is 10.3. The molecule has 0 aliphatic carbocycles. The van der Waals surface area contributed by atoms with E-state index in [1.807, 2.05) is 18.2 Å². The maximum Gasteiger partial charge on any atom is 0.345 e. The Hall–Kier alpha value is -2.88. The van der Waals surface area contributed by atoms with E-state index < -0.39 is 5.63 Å². The van der Waals surface area contributed by atoms with Crippen molar-refractivity contribution < 1.29 is 9.52 Å². The number of aliphatic imine (C=N–C) groups is 1. The van der Waals surface area contributed by atoms with Gasteiger partial charge in [0.2, 0.25) is 0 Å². The molecule has 104 valence electrons. The van der Waals surface area contributed by atoms with Gasteiger partial charge in [-0.1, -0.05) is 24.3 Å². The van der Waals surface area contributed by atoms with E-state index in [9.17, 15) is 9.90 Å². The van der Waals surface area contributed by atoms with Gasteiger partial charge < -0.3 is 9.52 Å². The molecule has 21 heavy (non-hydrogen) atoms. The molecule has 1 N–H and O–H groups in total. The predicted molar refractivity (Wildman–Crippen MR) is 82.5 cm³/mol. The highest BCUT2D eigenvalue weighted by Gasteiger charge is 2.08. The van der Waals surface area contributed by atoms with E-state index in [1.54, 1.807) is 37.3 Å². The second kappa shape index (κ2) is 5.25. The Morgan fingerprint density at radius 2 is 1.90 bits per heavy atom. The summed E-state index contributed by atoms with van der Waals surface area (Å²) < 4.78 is 5.29. The van der Waals surface area contributed by atoms with Crippen LogP contribution in [0.1, 0.15) is 12.5 Å². The van der Waals surface area contributed by atoms with Crippen LogP contribution in [0, 0.1) is 0 Å². The molecule has 0 aliphatic rings. The van der Waals surface area contributed by atoms with Crippen molar-refractivity contribution in [2.45, 2.75) is 6.92 Å². The Balaban J connectivity index is 2.11. The highest BCUT2D eigenvalue weighted by Crippen LogP contribution is 2.20. The van der Waals surface area contributed by atoms with Crippen LogP contribution in [-0.4, -0.2) is 10.8 Å². The smallest absolute Gasteiger partial charge is 0.345 e. The molecule has 0 fully saturated rings. The van der Waals surface area contributed by atoms with Crippen molar-refractivity contribution >= 4 is 22.4 Å². The van der Waals surface area contributed by atoms with Gasteiger partial charge in [-0.3, -0.25) is 4.99 Å². The molecular weight excluding hydrogens is 266 g/mol. The largest absolute Gasteiger partial charge is 0.508 e. The summed E-state index contributed by atoms with van der Waals surface area (Å²) in [5.41, 5.74) is 1.67. The molecule has 0 aliphatic heterocycles. The summed E-state index contributed by atoms with van der Waals surface area (Å²) in [5.74, 6) is 0.134. The zero-order valence-corrected chi connectivity index (χ0v) is 11.4. The van der Waals surface area contributed by atoms with Crippen LogP contribution in [0.5, 0.6) is 5.75 Å². The van der Waals surface area contributed by atoms with Gasteiger partial charge in [0, 0.05) is 11.5 Å². The van der Waals surface area contributed by atoms with E-state index >= 15 is 0 Å². The second-order valence-corrected chi connectivity index (χ2v) is 4.70. The summed E-state index contributed by atoms with van der Waals surface area (Å²) in [6.45, 7) is 1.74. The quantitative estimate of drug-likeness (QED) is 0.575. The average Bonchev–Trinajstić information content (AvgIpc) is 2.46. The molecule has 0 bridgehead atoms. The minimum absolute atomic E-state index is 0.134. The van der Waals surface area contributed by atoms with Gasteiger partial charge in [-0.15, -0.1) is 0 Å². The molecule has 0 spiro atoms. The summed E-state index contributed by atoms with van der Waals surface area (Å²) in [6, 6.07) is 15.7. The molecule has 0 saturated carbocycles. The number of phenols is 1. The van der Waals surface area contributed by atoms with Crippen LogP contribution in [0.15, 0.2) is 68.8 Å². The molecular formula is C17H13NO3. The minimum atomic E-state index is -0.421. The van der Waals surface area contributed by atoms with Gasteiger partial charge in [0.25, 0.3) is 0 Å². The SMILES string of the molecule is CC(=Nc1cccc(O)c1)c1cc2ccccc2oc1=O. The first-order valence-electron chi connectivity index (χ1n) is 6.51. The number of para-hydroxylation sites is 1. The van der Waals surface area contributed by atoms with Gasteiger partial charge in [0.15, 0.2) is 0 Å². The average molecular weight is 279 g/mol. The fourth-order valence-corrected chi connectivity index (χ4v) is 2.13. The first-order valence-corrected chi connectivity index (χ1v) is 6.51. The predicted octanol–water partition coefficient (Wildman–Crippen LogP) is 3.64. The standard InChI is InChI=1S/C17H13NO3/c1-11(18-13-6-4-7-14(19)10-13)15-9-12-5-2-3-8-16(12)21-17(15)20/h2-10,19H,1H3. The van der Waals surface area contributed by atoms with Crippen molar-refractivity contribution in [2.75, 3.05) is 0 Å². The van der Waals surface area contributed by atoms with Crippen LogP contribution < -0.4 is 5.63 Å². The number of hydrogen-bond acceptors (Lipinski definition) is 4. The van der Waals surface area contributed by atoms with Crippen molar-refractivity contribution in [1.82, 2.24) is 0 Å². The van der Waals surface area contributed by atoms with Crippen molar-refractivity contribution in [2.24, 2.45) is 4.99 Å². The number of nitrogens with zero attached hydrogens (tertiary/aromatic N) is 1. The fourth-order valence-electron chi connectivity index (χ4n) is 2.13. The number of rotatable bonds is 2. The molecule has 2 aromatic carbocycles. The lowest BCUT2D eigenvalue weighted by atomic mass is 10.1. The van der Waals surface area contributed by atoms with Crippen LogP contribution in [0.2, 0.25) is 0 Å². The number of phenolic OH excluding ortho intramolecular Hbond substituents is 1. The monoisotopic (exact) mass is 279 g/mol. The third kappa shape index (κ3) is 2.69. The fraction of sp³-hybridized carbons (Fsp3) is 0.0588. The Labute approximate surface area is 121 Å². The van der Waals surface area contributed by atoms with Gasteiger partial charge in [0.05, 0.1) is 17.0 Å². The molecule has 4 heteroatoms. The van der Waals surface area contributed by atoms with Crippen LogP contribution >= 0.6 is 0 Å². The van der Waals surface area contributed by atoms with Gasteiger partial charge in [0.1, 0.15) is 11.3 Å². The van der Waals surface area contributed by atoms with Crippen LogP contribution in [0.25, 0.3) is 11.0 Å². The number of benzene rings is 2. The summed E-state index contributed by atoms with van der Waals surface area (Å²) in [6.07, 6.45) is 0. The molecule has 0 saturated heterocycles. The second-order valence-electron chi connectivity index (χ2n) is 4.70. The van der Waals surface area contributed by atoms with Gasteiger partial charge in [-0.05, 0) is 31.2 Å².